The van der Waals surface area contributed by atoms with Crippen molar-refractivity contribution in [2.24, 2.45) is 0 Å². The number of amides is 5. The van der Waals surface area contributed by atoms with Crippen LogP contribution in [0.3, 0.4) is 0 Å². The molecule has 5 amide bonds. The van der Waals surface area contributed by atoms with Crippen molar-refractivity contribution in [2.75, 3.05) is 37.1 Å². The Bertz CT molecular complexity index is 1680. The second-order valence-corrected chi connectivity index (χ2v) is 11.3. The first-order valence-electron chi connectivity index (χ1n) is 13.9. The first-order valence-corrected chi connectivity index (χ1v) is 15.4. The molecule has 3 aromatic carbocycles. The van der Waals surface area contributed by atoms with E-state index in [-0.39, 0.29) is 24.5 Å². The SMILES string of the molecule is CCCOc1ccc(N2C(=O)NC(=O)/C(=C/c3cc(I)c(OCC(=O)Nc4ccc(C)c(Cl)c4)c(OCC)c3)C2=O)cc1OC. The van der Waals surface area contributed by atoms with E-state index in [0.717, 1.165) is 16.9 Å². The summed E-state index contributed by atoms with van der Waals surface area (Å²) in [6.45, 7) is 6.03. The number of ether oxygens (including phenoxy) is 4. The van der Waals surface area contributed by atoms with E-state index in [1.807, 2.05) is 36.4 Å². The minimum Gasteiger partial charge on any atom is -0.493 e. The third-order valence-corrected chi connectivity index (χ3v) is 7.62. The van der Waals surface area contributed by atoms with Gasteiger partial charge >= 0.3 is 6.03 Å². The summed E-state index contributed by atoms with van der Waals surface area (Å²) in [4.78, 5) is 52.6. The number of rotatable bonds is 12. The minimum absolute atomic E-state index is 0.191. The van der Waals surface area contributed by atoms with Crippen LogP contribution in [-0.2, 0) is 14.4 Å². The van der Waals surface area contributed by atoms with Crippen LogP contribution < -0.4 is 34.5 Å². The average molecular weight is 748 g/mol. The molecule has 1 saturated heterocycles. The largest absolute Gasteiger partial charge is 0.493 e. The Morgan fingerprint density at radius 3 is 2.47 bits per heavy atom. The van der Waals surface area contributed by atoms with Crippen LogP contribution >= 0.6 is 34.2 Å². The first kappa shape index (κ1) is 33.6. The number of carbonyl (C=O) groups excluding carboxylic acids is 4. The molecular formula is C32H31ClIN3O8. The molecule has 1 heterocycles. The minimum atomic E-state index is -0.897. The molecule has 1 aliphatic rings. The fraction of sp³-hybridized carbons (Fsp3) is 0.250. The highest BCUT2D eigenvalue weighted by molar-refractivity contribution is 14.1. The van der Waals surface area contributed by atoms with Crippen molar-refractivity contribution in [3.05, 3.63) is 73.8 Å². The third-order valence-electron chi connectivity index (χ3n) is 6.41. The number of hydrogen-bond acceptors (Lipinski definition) is 8. The van der Waals surface area contributed by atoms with Crippen LogP contribution in [0, 0.1) is 10.5 Å². The van der Waals surface area contributed by atoms with Gasteiger partial charge in [0.1, 0.15) is 5.57 Å². The Hall–Kier alpha value is -4.30. The molecule has 1 aliphatic heterocycles. The van der Waals surface area contributed by atoms with Gasteiger partial charge in [-0.2, -0.15) is 0 Å². The third kappa shape index (κ3) is 8.05. The zero-order valence-electron chi connectivity index (χ0n) is 25.0. The van der Waals surface area contributed by atoms with E-state index in [4.69, 9.17) is 30.5 Å². The summed E-state index contributed by atoms with van der Waals surface area (Å²) < 4.78 is 23.2. The van der Waals surface area contributed by atoms with Gasteiger partial charge in [-0.15, -0.1) is 0 Å². The zero-order chi connectivity index (χ0) is 32.7. The van der Waals surface area contributed by atoms with Crippen LogP contribution in [0.2, 0.25) is 5.02 Å². The van der Waals surface area contributed by atoms with Gasteiger partial charge in [0, 0.05) is 16.8 Å². The van der Waals surface area contributed by atoms with Gasteiger partial charge in [0.25, 0.3) is 17.7 Å². The number of nitrogens with zero attached hydrogens (tertiary/aromatic N) is 1. The summed E-state index contributed by atoms with van der Waals surface area (Å²) in [6.07, 6.45) is 2.14. The molecule has 0 saturated carbocycles. The lowest BCUT2D eigenvalue weighted by atomic mass is 10.1. The lowest BCUT2D eigenvalue weighted by Gasteiger charge is -2.27. The van der Waals surface area contributed by atoms with Crippen LogP contribution in [-0.4, -0.2) is 50.7 Å². The highest BCUT2D eigenvalue weighted by Crippen LogP contribution is 2.36. The molecule has 0 unspecified atom stereocenters. The molecule has 0 spiro atoms. The molecule has 2 N–H and O–H groups in total. The predicted octanol–water partition coefficient (Wildman–Crippen LogP) is 6.13. The van der Waals surface area contributed by atoms with Gasteiger partial charge in [-0.1, -0.05) is 24.6 Å². The normalized spacial score (nSPS) is 13.9. The van der Waals surface area contributed by atoms with E-state index in [1.165, 1.54) is 25.3 Å². The maximum atomic E-state index is 13.5. The number of aryl methyl sites for hydroxylation is 1. The summed E-state index contributed by atoms with van der Waals surface area (Å²) in [5.41, 5.74) is 1.76. The first-order chi connectivity index (χ1) is 21.6. The number of methoxy groups -OCH3 is 1. The number of anilines is 2. The monoisotopic (exact) mass is 747 g/mol. The van der Waals surface area contributed by atoms with Gasteiger partial charge in [0.2, 0.25) is 0 Å². The lowest BCUT2D eigenvalue weighted by molar-refractivity contribution is -0.122. The van der Waals surface area contributed by atoms with Crippen LogP contribution in [0.25, 0.3) is 6.08 Å². The van der Waals surface area contributed by atoms with E-state index in [9.17, 15) is 19.2 Å². The summed E-state index contributed by atoms with van der Waals surface area (Å²) in [5.74, 6) is -0.692. The van der Waals surface area contributed by atoms with Gasteiger partial charge in [0.15, 0.2) is 29.6 Å². The maximum Gasteiger partial charge on any atom is 0.335 e. The highest BCUT2D eigenvalue weighted by atomic mass is 127. The van der Waals surface area contributed by atoms with Crippen LogP contribution in [0.4, 0.5) is 16.2 Å². The molecule has 0 radical (unpaired) electrons. The summed E-state index contributed by atoms with van der Waals surface area (Å²) in [6, 6.07) is 12.1. The van der Waals surface area contributed by atoms with Gasteiger partial charge in [-0.3, -0.25) is 19.7 Å². The number of nitrogens with one attached hydrogen (secondary N) is 2. The fourth-order valence-electron chi connectivity index (χ4n) is 4.26. The highest BCUT2D eigenvalue weighted by Gasteiger charge is 2.37. The molecular weight excluding hydrogens is 717 g/mol. The van der Waals surface area contributed by atoms with Crippen molar-refractivity contribution in [3.8, 4) is 23.0 Å². The Morgan fingerprint density at radius 1 is 1.00 bits per heavy atom. The number of carbonyl (C=O) groups is 4. The summed E-state index contributed by atoms with van der Waals surface area (Å²) in [5, 5.41) is 5.48. The van der Waals surface area contributed by atoms with Crippen molar-refractivity contribution in [3.63, 3.8) is 0 Å². The number of benzene rings is 3. The van der Waals surface area contributed by atoms with Crippen molar-refractivity contribution < 1.29 is 38.1 Å². The Kier molecular flexibility index (Phi) is 11.3. The van der Waals surface area contributed by atoms with Crippen LogP contribution in [0.5, 0.6) is 23.0 Å². The molecule has 0 atom stereocenters. The number of barbiturate groups is 1. The van der Waals surface area contributed by atoms with E-state index < -0.39 is 23.8 Å². The van der Waals surface area contributed by atoms with Crippen LogP contribution in [0.1, 0.15) is 31.4 Å². The second kappa shape index (κ2) is 15.1. The molecule has 3 aromatic rings. The van der Waals surface area contributed by atoms with E-state index >= 15 is 0 Å². The molecule has 4 rings (SSSR count). The molecule has 45 heavy (non-hydrogen) atoms. The smallest absolute Gasteiger partial charge is 0.335 e. The molecule has 11 nitrogen and oxygen atoms in total. The standard InChI is InChI=1S/C32H31ClIN3O8/c1-5-11-44-25-10-9-21(16-26(25)42-4)37-31(40)22(30(39)36-32(37)41)12-19-13-24(34)29(27(14-19)43-6-2)45-17-28(38)35-20-8-7-18(3)23(33)15-20/h7-10,12-16H,5-6,11,17H2,1-4H3,(H,35,38)(H,36,39,41)/b22-12-. The van der Waals surface area contributed by atoms with Gasteiger partial charge in [0.05, 0.1) is 29.6 Å². The number of urea groups is 1. The van der Waals surface area contributed by atoms with Crippen LogP contribution in [0.15, 0.2) is 54.1 Å². The lowest BCUT2D eigenvalue weighted by Crippen LogP contribution is -2.54. The zero-order valence-corrected chi connectivity index (χ0v) is 27.9. The molecule has 13 heteroatoms. The van der Waals surface area contributed by atoms with Crippen molar-refractivity contribution >= 4 is 75.4 Å². The summed E-state index contributed by atoms with van der Waals surface area (Å²) >= 11 is 8.16. The van der Waals surface area contributed by atoms with Crippen molar-refractivity contribution in [2.45, 2.75) is 27.2 Å². The quantitative estimate of drug-likeness (QED) is 0.129. The maximum absolute atomic E-state index is 13.5. The average Bonchev–Trinajstić information content (AvgIpc) is 3.00. The van der Waals surface area contributed by atoms with Gasteiger partial charge < -0.3 is 24.3 Å². The number of hydrogen-bond donors (Lipinski definition) is 2. The van der Waals surface area contributed by atoms with E-state index in [2.05, 4.69) is 10.6 Å². The second-order valence-electron chi connectivity index (χ2n) is 9.71. The molecule has 0 bridgehead atoms. The van der Waals surface area contributed by atoms with E-state index in [1.54, 1.807) is 43.3 Å². The molecule has 0 aromatic heterocycles. The number of imide groups is 2. The van der Waals surface area contributed by atoms with Gasteiger partial charge in [-0.25, -0.2) is 9.69 Å². The Morgan fingerprint density at radius 2 is 1.78 bits per heavy atom. The van der Waals surface area contributed by atoms with Crippen molar-refractivity contribution in [1.82, 2.24) is 5.32 Å². The topological polar surface area (TPSA) is 132 Å². The van der Waals surface area contributed by atoms with E-state index in [0.29, 0.717) is 49.4 Å². The van der Waals surface area contributed by atoms with Gasteiger partial charge in [-0.05, 0) is 96.5 Å². The summed E-state index contributed by atoms with van der Waals surface area (Å²) in [7, 11) is 1.45. The Balaban J connectivity index is 1.58. The molecule has 236 valence electrons. The Labute approximate surface area is 278 Å². The number of halogens is 2. The molecule has 1 fully saturated rings. The predicted molar refractivity (Wildman–Crippen MR) is 178 cm³/mol. The fourth-order valence-corrected chi connectivity index (χ4v) is 5.23. The molecule has 0 aliphatic carbocycles. The van der Waals surface area contributed by atoms with Crippen molar-refractivity contribution in [1.29, 1.82) is 0 Å².